The smallest absolute Gasteiger partial charge is 0.337 e. The Morgan fingerprint density at radius 3 is 2.74 bits per heavy atom. The van der Waals surface area contributed by atoms with Crippen molar-refractivity contribution in [2.75, 3.05) is 12.4 Å². The van der Waals surface area contributed by atoms with Gasteiger partial charge in [0.15, 0.2) is 5.16 Å². The highest BCUT2D eigenvalue weighted by Gasteiger charge is 2.30. The summed E-state index contributed by atoms with van der Waals surface area (Å²) < 4.78 is 6.73. The van der Waals surface area contributed by atoms with Gasteiger partial charge < -0.3 is 15.4 Å². The first-order valence-electron chi connectivity index (χ1n) is 10.7. The number of para-hydroxylation sites is 1. The number of rotatable bonds is 6. The van der Waals surface area contributed by atoms with Crippen LogP contribution in [0.25, 0.3) is 16.6 Å². The number of carbonyl (C=O) groups is 2. The number of thioether (sulfide) groups is 1. The Balaban J connectivity index is 1.84. The van der Waals surface area contributed by atoms with Crippen molar-refractivity contribution in [1.29, 1.82) is 0 Å². The molecule has 1 aliphatic heterocycles. The fraction of sp³-hybridized carbons (Fsp3) is 0.250. The lowest BCUT2D eigenvalue weighted by molar-refractivity contribution is -0.138. The molecule has 0 radical (unpaired) electrons. The molecule has 0 aliphatic carbocycles. The van der Waals surface area contributed by atoms with Gasteiger partial charge in [0.2, 0.25) is 0 Å². The summed E-state index contributed by atoms with van der Waals surface area (Å²) in [6.45, 7) is 5.56. The third-order valence-corrected chi connectivity index (χ3v) is 6.57. The summed E-state index contributed by atoms with van der Waals surface area (Å²) in [4.78, 5) is 42.9. The summed E-state index contributed by atoms with van der Waals surface area (Å²) in [5.41, 5.74) is 2.57. The number of halogens is 1. The van der Waals surface area contributed by atoms with Crippen LogP contribution in [-0.4, -0.2) is 40.0 Å². The molecule has 1 unspecified atom stereocenters. The van der Waals surface area contributed by atoms with E-state index in [1.54, 1.807) is 36.6 Å². The molecule has 0 saturated heterocycles. The van der Waals surface area contributed by atoms with Gasteiger partial charge in [0.05, 0.1) is 34.8 Å². The second kappa shape index (κ2) is 9.90. The molecule has 1 aliphatic rings. The van der Waals surface area contributed by atoms with Gasteiger partial charge in [0, 0.05) is 16.5 Å². The first kappa shape index (κ1) is 23.8. The van der Waals surface area contributed by atoms with E-state index in [0.717, 1.165) is 5.56 Å². The standard InChI is InChI=1S/C24H23ClN4O4S/c1-4-33-22(31)20-14(3)26-23(32)27-18(20)12-34-24-28-17-11-15(25)9-10-16(17)21(30)29(24)19-8-6-5-7-13(19)2/h5-11,14H,4,12H2,1-3H3,(H2,26,27,32). The number of urea groups is 1. The third-order valence-electron chi connectivity index (χ3n) is 5.37. The van der Waals surface area contributed by atoms with E-state index in [4.69, 9.17) is 21.3 Å². The maximum atomic E-state index is 13.5. The number of benzene rings is 2. The lowest BCUT2D eigenvalue weighted by Gasteiger charge is -2.26. The lowest BCUT2D eigenvalue weighted by Crippen LogP contribution is -2.49. The fourth-order valence-electron chi connectivity index (χ4n) is 3.79. The second-order valence-electron chi connectivity index (χ2n) is 7.70. The monoisotopic (exact) mass is 498 g/mol. The largest absolute Gasteiger partial charge is 0.463 e. The van der Waals surface area contributed by atoms with Crippen molar-refractivity contribution >= 4 is 46.3 Å². The number of nitrogens with one attached hydrogen (secondary N) is 2. The normalized spacial score (nSPS) is 15.8. The number of fused-ring (bicyclic) bond motifs is 1. The van der Waals surface area contributed by atoms with Crippen LogP contribution in [0.1, 0.15) is 19.4 Å². The van der Waals surface area contributed by atoms with Gasteiger partial charge in [-0.05, 0) is 50.6 Å². The van der Waals surface area contributed by atoms with E-state index < -0.39 is 18.0 Å². The molecule has 10 heteroatoms. The number of aryl methyl sites for hydroxylation is 1. The highest BCUT2D eigenvalue weighted by Crippen LogP contribution is 2.27. The molecule has 3 aromatic rings. The maximum absolute atomic E-state index is 13.5. The zero-order chi connectivity index (χ0) is 24.4. The molecule has 2 amide bonds. The van der Waals surface area contributed by atoms with Crippen LogP contribution in [0, 0.1) is 6.92 Å². The van der Waals surface area contributed by atoms with Gasteiger partial charge in [0.1, 0.15) is 0 Å². The van der Waals surface area contributed by atoms with Gasteiger partial charge in [-0.15, -0.1) is 0 Å². The van der Waals surface area contributed by atoms with Crippen molar-refractivity contribution in [2.45, 2.75) is 32.0 Å². The minimum Gasteiger partial charge on any atom is -0.463 e. The summed E-state index contributed by atoms with van der Waals surface area (Å²) in [7, 11) is 0. The molecule has 0 saturated carbocycles. The second-order valence-corrected chi connectivity index (χ2v) is 9.08. The summed E-state index contributed by atoms with van der Waals surface area (Å²) in [5, 5.41) is 6.70. The minimum atomic E-state index is -0.523. The van der Waals surface area contributed by atoms with Gasteiger partial charge in [-0.1, -0.05) is 41.6 Å². The van der Waals surface area contributed by atoms with Crippen LogP contribution in [0.4, 0.5) is 4.79 Å². The molecule has 0 spiro atoms. The number of carbonyl (C=O) groups excluding carboxylic acids is 2. The number of aromatic nitrogens is 2. The lowest BCUT2D eigenvalue weighted by atomic mass is 10.1. The molecule has 1 atom stereocenters. The van der Waals surface area contributed by atoms with Crippen LogP contribution in [0.5, 0.6) is 0 Å². The summed E-state index contributed by atoms with van der Waals surface area (Å²) in [5.74, 6) is -0.316. The Morgan fingerprint density at radius 2 is 2.00 bits per heavy atom. The van der Waals surface area contributed by atoms with Crippen molar-refractivity contribution < 1.29 is 14.3 Å². The van der Waals surface area contributed by atoms with E-state index >= 15 is 0 Å². The fourth-order valence-corrected chi connectivity index (χ4v) is 4.93. The SMILES string of the molecule is CCOC(=O)C1=C(CSc2nc3cc(Cl)ccc3c(=O)n2-c2ccccc2C)NC(=O)NC1C. The Kier molecular flexibility index (Phi) is 6.95. The van der Waals surface area contributed by atoms with Crippen molar-refractivity contribution in [1.82, 2.24) is 20.2 Å². The van der Waals surface area contributed by atoms with Gasteiger partial charge in [-0.3, -0.25) is 9.36 Å². The van der Waals surface area contributed by atoms with Crippen molar-refractivity contribution in [3.8, 4) is 5.69 Å². The molecular formula is C24H23ClN4O4S. The first-order valence-corrected chi connectivity index (χ1v) is 12.0. The van der Waals surface area contributed by atoms with Crippen LogP contribution in [0.15, 0.2) is 63.7 Å². The van der Waals surface area contributed by atoms with Crippen LogP contribution in [0.2, 0.25) is 5.02 Å². The van der Waals surface area contributed by atoms with Crippen LogP contribution >= 0.6 is 23.4 Å². The molecule has 8 nitrogen and oxygen atoms in total. The van der Waals surface area contributed by atoms with Crippen LogP contribution in [-0.2, 0) is 9.53 Å². The molecule has 176 valence electrons. The predicted octanol–water partition coefficient (Wildman–Crippen LogP) is 3.96. The highest BCUT2D eigenvalue weighted by atomic mass is 35.5. The summed E-state index contributed by atoms with van der Waals surface area (Å²) >= 11 is 7.39. The Hall–Kier alpha value is -3.30. The Labute approximate surface area is 205 Å². The third kappa shape index (κ3) is 4.67. The van der Waals surface area contributed by atoms with E-state index in [2.05, 4.69) is 10.6 Å². The summed E-state index contributed by atoms with van der Waals surface area (Å²) in [6.07, 6.45) is 0. The first-order chi connectivity index (χ1) is 16.3. The molecule has 2 heterocycles. The van der Waals surface area contributed by atoms with E-state index in [1.807, 2.05) is 31.2 Å². The number of ether oxygens (including phenoxy) is 1. The molecule has 34 heavy (non-hydrogen) atoms. The quantitative estimate of drug-likeness (QED) is 0.303. The maximum Gasteiger partial charge on any atom is 0.337 e. The van der Waals surface area contributed by atoms with E-state index in [1.165, 1.54) is 11.8 Å². The van der Waals surface area contributed by atoms with Crippen LogP contribution in [0.3, 0.4) is 0 Å². The van der Waals surface area contributed by atoms with Gasteiger partial charge >= 0.3 is 12.0 Å². The zero-order valence-corrected chi connectivity index (χ0v) is 20.4. The Morgan fingerprint density at radius 1 is 1.24 bits per heavy atom. The van der Waals surface area contributed by atoms with Crippen LogP contribution < -0.4 is 16.2 Å². The molecule has 0 bridgehead atoms. The molecule has 0 fully saturated rings. The molecule has 2 N–H and O–H groups in total. The number of nitrogens with zero attached hydrogens (tertiary/aromatic N) is 2. The van der Waals surface area contributed by atoms with Gasteiger partial charge in [0.25, 0.3) is 5.56 Å². The minimum absolute atomic E-state index is 0.191. The van der Waals surface area contributed by atoms with Crippen molar-refractivity contribution in [3.05, 3.63) is 74.7 Å². The predicted molar refractivity (Wildman–Crippen MR) is 133 cm³/mol. The zero-order valence-electron chi connectivity index (χ0n) is 18.8. The van der Waals surface area contributed by atoms with Gasteiger partial charge in [-0.25, -0.2) is 14.6 Å². The van der Waals surface area contributed by atoms with Gasteiger partial charge in [-0.2, -0.15) is 0 Å². The number of esters is 1. The van der Waals surface area contributed by atoms with Crippen molar-refractivity contribution in [2.24, 2.45) is 0 Å². The number of amides is 2. The van der Waals surface area contributed by atoms with E-state index in [0.29, 0.717) is 38.0 Å². The summed E-state index contributed by atoms with van der Waals surface area (Å²) in [6, 6.07) is 11.5. The van der Waals surface area contributed by atoms with Crippen molar-refractivity contribution in [3.63, 3.8) is 0 Å². The van der Waals surface area contributed by atoms with E-state index in [9.17, 15) is 14.4 Å². The topological polar surface area (TPSA) is 102 Å². The molecular weight excluding hydrogens is 476 g/mol. The average molecular weight is 499 g/mol. The number of hydrogen-bond acceptors (Lipinski definition) is 6. The molecule has 2 aromatic carbocycles. The highest BCUT2D eigenvalue weighted by molar-refractivity contribution is 7.99. The van der Waals surface area contributed by atoms with E-state index in [-0.39, 0.29) is 17.9 Å². The number of hydrogen-bond donors (Lipinski definition) is 2. The average Bonchev–Trinajstić information content (AvgIpc) is 2.78. The Bertz CT molecular complexity index is 1390. The molecule has 1 aromatic heterocycles. The molecule has 4 rings (SSSR count).